The molecule has 39 heavy (non-hydrogen) atoms. The lowest BCUT2D eigenvalue weighted by atomic mass is 10.1. The van der Waals surface area contributed by atoms with Crippen molar-refractivity contribution < 1.29 is 14.3 Å². The third-order valence-electron chi connectivity index (χ3n) is 5.46. The number of carbonyl (C=O) groups is 1. The molecule has 0 fully saturated rings. The lowest BCUT2D eigenvalue weighted by Crippen LogP contribution is -2.46. The standard InChI is InChI=1S/C30H30N4O5/c1-30(2,3)39-29(37)34-26(21-12-8-5-9-13-21)19-38-23-15-14-22(31-18-23)17-25-28(36)32-24(27(35)33-25)16-20-10-6-4-7-11-20/h4-18,26H,19H2,1-3H3,(H,32,36)(H,33,35)(H,34,37). The largest absolute Gasteiger partial charge is 0.489 e. The number of ether oxygens (including phenoxy) is 2. The summed E-state index contributed by atoms with van der Waals surface area (Å²) in [4.78, 5) is 47.0. The molecule has 0 aliphatic heterocycles. The van der Waals surface area contributed by atoms with E-state index in [4.69, 9.17) is 9.47 Å². The van der Waals surface area contributed by atoms with Gasteiger partial charge in [-0.05, 0) is 56.2 Å². The average molecular weight is 527 g/mol. The summed E-state index contributed by atoms with van der Waals surface area (Å²) in [5, 5.41) is 3.09. The Morgan fingerprint density at radius 2 is 1.51 bits per heavy atom. The van der Waals surface area contributed by atoms with Crippen LogP contribution in [0, 0.1) is 0 Å². The van der Waals surface area contributed by atoms with Gasteiger partial charge in [0.1, 0.15) is 28.7 Å². The summed E-state index contributed by atoms with van der Waals surface area (Å²) >= 11 is 0. The number of H-pyrrole nitrogens is 2. The van der Waals surface area contributed by atoms with E-state index in [1.165, 1.54) is 12.3 Å². The van der Waals surface area contributed by atoms with Gasteiger partial charge in [0.05, 0.1) is 17.9 Å². The fourth-order valence-electron chi connectivity index (χ4n) is 3.66. The molecule has 9 heteroatoms. The Balaban J connectivity index is 1.48. The first-order valence-electron chi connectivity index (χ1n) is 12.4. The van der Waals surface area contributed by atoms with Gasteiger partial charge < -0.3 is 24.8 Å². The van der Waals surface area contributed by atoms with Gasteiger partial charge >= 0.3 is 6.09 Å². The minimum atomic E-state index is -0.630. The lowest BCUT2D eigenvalue weighted by Gasteiger charge is -2.24. The van der Waals surface area contributed by atoms with Crippen LogP contribution in [0.3, 0.4) is 0 Å². The number of hydrogen-bond donors (Lipinski definition) is 3. The second kappa shape index (κ2) is 12.1. The Labute approximate surface area is 224 Å². The molecule has 2 aromatic carbocycles. The van der Waals surface area contributed by atoms with Gasteiger partial charge in [0.25, 0.3) is 11.1 Å². The van der Waals surface area contributed by atoms with Crippen LogP contribution in [-0.2, 0) is 4.74 Å². The molecule has 1 atom stereocenters. The van der Waals surface area contributed by atoms with Gasteiger partial charge in [0, 0.05) is 0 Å². The van der Waals surface area contributed by atoms with Crippen molar-refractivity contribution in [2.45, 2.75) is 32.4 Å². The highest BCUT2D eigenvalue weighted by Crippen LogP contribution is 2.17. The fourth-order valence-corrected chi connectivity index (χ4v) is 3.66. The Morgan fingerprint density at radius 3 is 2.10 bits per heavy atom. The van der Waals surface area contributed by atoms with Crippen LogP contribution in [0.4, 0.5) is 4.79 Å². The fraction of sp³-hybridized carbons (Fsp3) is 0.200. The number of nitrogens with zero attached hydrogens (tertiary/aromatic N) is 1. The lowest BCUT2D eigenvalue weighted by molar-refractivity contribution is 0.0487. The number of alkyl carbamates (subject to hydrolysis) is 1. The highest BCUT2D eigenvalue weighted by molar-refractivity contribution is 5.68. The number of pyridine rings is 1. The minimum absolute atomic E-state index is 0.0806. The summed E-state index contributed by atoms with van der Waals surface area (Å²) in [7, 11) is 0. The molecule has 3 N–H and O–H groups in total. The normalized spacial score (nSPS) is 13.1. The van der Waals surface area contributed by atoms with Crippen LogP contribution in [0.1, 0.15) is 43.6 Å². The molecule has 0 spiro atoms. The molecule has 1 amide bonds. The Kier molecular flexibility index (Phi) is 8.40. The topological polar surface area (TPSA) is 126 Å². The number of rotatable bonds is 7. The molecule has 0 aliphatic rings. The van der Waals surface area contributed by atoms with Crippen molar-refractivity contribution in [2.75, 3.05) is 6.61 Å². The maximum atomic E-state index is 12.6. The van der Waals surface area contributed by atoms with Gasteiger partial charge in [-0.1, -0.05) is 60.7 Å². The maximum absolute atomic E-state index is 12.6. The monoisotopic (exact) mass is 526 g/mol. The first kappa shape index (κ1) is 27.1. The number of aromatic amines is 2. The smallest absolute Gasteiger partial charge is 0.408 e. The van der Waals surface area contributed by atoms with Crippen molar-refractivity contribution in [1.82, 2.24) is 20.3 Å². The van der Waals surface area contributed by atoms with Crippen LogP contribution >= 0.6 is 0 Å². The Bertz CT molecular complexity index is 1640. The zero-order chi connectivity index (χ0) is 27.8. The van der Waals surface area contributed by atoms with E-state index >= 15 is 0 Å². The summed E-state index contributed by atoms with van der Waals surface area (Å²) in [5.74, 6) is 0.467. The number of hydrogen-bond acceptors (Lipinski definition) is 6. The Morgan fingerprint density at radius 1 is 0.897 bits per heavy atom. The van der Waals surface area contributed by atoms with Crippen molar-refractivity contribution in [3.8, 4) is 5.75 Å². The molecular formula is C30H30N4O5. The number of carbonyl (C=O) groups excluding carboxylic acids is 1. The van der Waals surface area contributed by atoms with E-state index in [0.29, 0.717) is 11.4 Å². The van der Waals surface area contributed by atoms with Crippen molar-refractivity contribution in [2.24, 2.45) is 0 Å². The van der Waals surface area contributed by atoms with Gasteiger partial charge in [-0.15, -0.1) is 0 Å². The molecule has 0 bridgehead atoms. The van der Waals surface area contributed by atoms with Gasteiger partial charge in [-0.3, -0.25) is 14.6 Å². The Hall–Kier alpha value is -4.92. The van der Waals surface area contributed by atoms with Crippen LogP contribution in [0.15, 0.2) is 88.6 Å². The van der Waals surface area contributed by atoms with E-state index in [9.17, 15) is 14.4 Å². The summed E-state index contributed by atoms with van der Waals surface area (Å²) < 4.78 is 11.3. The van der Waals surface area contributed by atoms with E-state index in [1.807, 2.05) is 60.7 Å². The molecule has 0 saturated heterocycles. The van der Waals surface area contributed by atoms with E-state index in [-0.39, 0.29) is 17.3 Å². The van der Waals surface area contributed by atoms with Crippen molar-refractivity contribution in [1.29, 1.82) is 0 Å². The average Bonchev–Trinajstić information content (AvgIpc) is 2.90. The van der Waals surface area contributed by atoms with Gasteiger partial charge in [-0.25, -0.2) is 4.79 Å². The zero-order valence-corrected chi connectivity index (χ0v) is 21.9. The predicted octanol–water partition coefficient (Wildman–Crippen LogP) is 2.76. The molecule has 0 radical (unpaired) electrons. The molecular weight excluding hydrogens is 496 g/mol. The van der Waals surface area contributed by atoms with Crippen LogP contribution < -0.4 is 31.9 Å². The summed E-state index contributed by atoms with van der Waals surface area (Å²) in [6.07, 6.45) is 4.04. The first-order valence-corrected chi connectivity index (χ1v) is 12.4. The number of benzene rings is 2. The number of aromatic nitrogens is 3. The molecule has 2 heterocycles. The molecule has 1 unspecified atom stereocenters. The third-order valence-corrected chi connectivity index (χ3v) is 5.46. The van der Waals surface area contributed by atoms with Crippen molar-refractivity contribution in [3.05, 3.63) is 127 Å². The second-order valence-electron chi connectivity index (χ2n) is 9.77. The van der Waals surface area contributed by atoms with Crippen LogP contribution in [-0.4, -0.2) is 33.3 Å². The highest BCUT2D eigenvalue weighted by atomic mass is 16.6. The molecule has 4 aromatic rings. The van der Waals surface area contributed by atoms with Gasteiger partial charge in [0.15, 0.2) is 0 Å². The molecule has 200 valence electrons. The van der Waals surface area contributed by atoms with E-state index < -0.39 is 28.9 Å². The molecule has 0 saturated carbocycles. The highest BCUT2D eigenvalue weighted by Gasteiger charge is 2.21. The molecule has 0 aliphatic carbocycles. The number of amides is 1. The molecule has 9 nitrogen and oxygen atoms in total. The summed E-state index contributed by atoms with van der Waals surface area (Å²) in [6.45, 7) is 5.53. The van der Waals surface area contributed by atoms with E-state index in [0.717, 1.165) is 11.1 Å². The van der Waals surface area contributed by atoms with Crippen LogP contribution in [0.2, 0.25) is 0 Å². The van der Waals surface area contributed by atoms with Crippen molar-refractivity contribution >= 4 is 18.2 Å². The second-order valence-corrected chi connectivity index (χ2v) is 9.77. The predicted molar refractivity (Wildman–Crippen MR) is 149 cm³/mol. The van der Waals surface area contributed by atoms with E-state index in [2.05, 4.69) is 20.3 Å². The molecule has 2 aromatic heterocycles. The van der Waals surface area contributed by atoms with Gasteiger partial charge in [0.2, 0.25) is 0 Å². The van der Waals surface area contributed by atoms with Crippen LogP contribution in [0.25, 0.3) is 12.2 Å². The summed E-state index contributed by atoms with van der Waals surface area (Å²) in [6, 6.07) is 21.6. The van der Waals surface area contributed by atoms with Crippen molar-refractivity contribution in [3.63, 3.8) is 0 Å². The zero-order valence-electron chi connectivity index (χ0n) is 21.9. The van der Waals surface area contributed by atoms with Gasteiger partial charge in [-0.2, -0.15) is 0 Å². The summed E-state index contributed by atoms with van der Waals surface area (Å²) in [5.41, 5.74) is 0.608. The first-order chi connectivity index (χ1) is 18.7. The quantitative estimate of drug-likeness (QED) is 0.340. The molecule has 4 rings (SSSR count). The third kappa shape index (κ3) is 8.03. The van der Waals surface area contributed by atoms with Crippen LogP contribution in [0.5, 0.6) is 5.75 Å². The number of nitrogens with one attached hydrogen (secondary N) is 3. The SMILES string of the molecule is CC(C)(C)OC(=O)NC(COc1ccc(C=c2[nH]c(=O)c(=Cc3ccccc3)[nH]c2=O)nc1)c1ccccc1. The van der Waals surface area contributed by atoms with E-state index in [1.54, 1.807) is 39.0 Å². The maximum Gasteiger partial charge on any atom is 0.408 e. The minimum Gasteiger partial charge on any atom is -0.489 e.